The number of aliphatic hydroxyl groups is 1. The van der Waals surface area contributed by atoms with Crippen LogP contribution in [0.3, 0.4) is 0 Å². The summed E-state index contributed by atoms with van der Waals surface area (Å²) in [5.74, 6) is 0. The predicted molar refractivity (Wildman–Crippen MR) is 50.1 cm³/mol. The van der Waals surface area contributed by atoms with E-state index in [1.807, 2.05) is 0 Å². The molecule has 7 heteroatoms. The lowest BCUT2D eigenvalue weighted by Crippen LogP contribution is -2.37. The number of nitrogens with one attached hydrogen (secondary N) is 1. The first-order valence-corrected chi connectivity index (χ1v) is 5.51. The molecule has 80 valence electrons. The van der Waals surface area contributed by atoms with Gasteiger partial charge in [-0.25, -0.2) is 13.4 Å². The van der Waals surface area contributed by atoms with Crippen molar-refractivity contribution in [3.63, 3.8) is 0 Å². The van der Waals surface area contributed by atoms with Crippen LogP contribution >= 0.6 is 0 Å². The second kappa shape index (κ2) is 4.07. The lowest BCUT2D eigenvalue weighted by molar-refractivity contribution is 0.213. The summed E-state index contributed by atoms with van der Waals surface area (Å²) in [5.41, 5.74) is 0. The molecular weight excluding hydrogens is 206 g/mol. The van der Waals surface area contributed by atoms with Gasteiger partial charge in [-0.05, 0) is 6.92 Å². The zero-order chi connectivity index (χ0) is 10.8. The molecule has 6 nitrogen and oxygen atoms in total. The highest BCUT2D eigenvalue weighted by Crippen LogP contribution is 2.12. The van der Waals surface area contributed by atoms with Crippen LogP contribution in [-0.2, 0) is 10.0 Å². The van der Waals surface area contributed by atoms with E-state index in [0.717, 1.165) is 4.31 Å². The van der Waals surface area contributed by atoms with Crippen molar-refractivity contribution in [2.24, 2.45) is 0 Å². The molecule has 1 atom stereocenters. The fourth-order valence-corrected chi connectivity index (χ4v) is 2.14. The maximum absolute atomic E-state index is 11.7. The molecule has 1 heterocycles. The Hall–Kier alpha value is -0.920. The van der Waals surface area contributed by atoms with E-state index in [1.54, 1.807) is 6.92 Å². The number of imidazole rings is 1. The van der Waals surface area contributed by atoms with E-state index in [0.29, 0.717) is 0 Å². The lowest BCUT2D eigenvalue weighted by atomic mass is 10.4. The number of rotatable bonds is 4. The number of aliphatic hydroxyl groups excluding tert-OH is 1. The van der Waals surface area contributed by atoms with Crippen molar-refractivity contribution in [2.45, 2.75) is 18.0 Å². The summed E-state index contributed by atoms with van der Waals surface area (Å²) < 4.78 is 24.6. The Kier molecular flexibility index (Phi) is 3.25. The summed E-state index contributed by atoms with van der Waals surface area (Å²) in [7, 11) is -2.14. The van der Waals surface area contributed by atoms with Crippen LogP contribution in [0.5, 0.6) is 0 Å². The summed E-state index contributed by atoms with van der Waals surface area (Å²) in [4.78, 5) is 6.15. The van der Waals surface area contributed by atoms with E-state index >= 15 is 0 Å². The molecule has 0 aliphatic carbocycles. The van der Waals surface area contributed by atoms with Crippen molar-refractivity contribution in [3.05, 3.63) is 12.5 Å². The summed E-state index contributed by atoms with van der Waals surface area (Å²) in [6, 6.07) is -0.455. The molecule has 14 heavy (non-hydrogen) atoms. The standard InChI is InChI=1S/C7H13N3O3S/c1-6(4-11)10(2)14(12,13)7-3-8-5-9-7/h3,5-6,11H,4H2,1-2H3,(H,8,9). The van der Waals surface area contributed by atoms with Crippen LogP contribution in [0.4, 0.5) is 0 Å². The van der Waals surface area contributed by atoms with E-state index in [4.69, 9.17) is 5.11 Å². The molecule has 1 unspecified atom stereocenters. The van der Waals surface area contributed by atoms with Crippen molar-refractivity contribution in [1.29, 1.82) is 0 Å². The normalized spacial score (nSPS) is 14.6. The van der Waals surface area contributed by atoms with E-state index < -0.39 is 16.1 Å². The average Bonchev–Trinajstić information content (AvgIpc) is 2.68. The van der Waals surface area contributed by atoms with Gasteiger partial charge >= 0.3 is 0 Å². The highest BCUT2D eigenvalue weighted by atomic mass is 32.2. The van der Waals surface area contributed by atoms with Gasteiger partial charge in [-0.3, -0.25) is 0 Å². The molecule has 1 aromatic rings. The van der Waals surface area contributed by atoms with Crippen LogP contribution < -0.4 is 0 Å². The van der Waals surface area contributed by atoms with Crippen LogP contribution in [0.15, 0.2) is 17.6 Å². The molecule has 2 N–H and O–H groups in total. The zero-order valence-corrected chi connectivity index (χ0v) is 8.82. The third kappa shape index (κ3) is 1.94. The molecule has 0 aliphatic heterocycles. The van der Waals surface area contributed by atoms with E-state index in [2.05, 4.69) is 9.97 Å². The maximum Gasteiger partial charge on any atom is 0.260 e. The van der Waals surface area contributed by atoms with Gasteiger partial charge in [0, 0.05) is 13.1 Å². The summed E-state index contributed by atoms with van der Waals surface area (Å²) in [6.07, 6.45) is 2.53. The van der Waals surface area contributed by atoms with Crippen molar-refractivity contribution in [2.75, 3.05) is 13.7 Å². The second-order valence-corrected chi connectivity index (χ2v) is 4.93. The highest BCUT2D eigenvalue weighted by Gasteiger charge is 2.25. The third-order valence-corrected chi connectivity index (χ3v) is 3.91. The van der Waals surface area contributed by atoms with Gasteiger partial charge in [-0.15, -0.1) is 0 Å². The smallest absolute Gasteiger partial charge is 0.260 e. The highest BCUT2D eigenvalue weighted by molar-refractivity contribution is 7.89. The predicted octanol–water partition coefficient (Wildman–Crippen LogP) is -0.589. The molecule has 1 rings (SSSR count). The summed E-state index contributed by atoms with van der Waals surface area (Å²) >= 11 is 0. The van der Waals surface area contributed by atoms with Gasteiger partial charge in [0.25, 0.3) is 10.0 Å². The molecule has 0 saturated carbocycles. The lowest BCUT2D eigenvalue weighted by Gasteiger charge is -2.21. The van der Waals surface area contributed by atoms with Crippen molar-refractivity contribution in [3.8, 4) is 0 Å². The van der Waals surface area contributed by atoms with Crippen LogP contribution in [0.25, 0.3) is 0 Å². The second-order valence-electron chi connectivity index (χ2n) is 2.97. The molecule has 1 aromatic heterocycles. The third-order valence-electron chi connectivity index (χ3n) is 2.02. The van der Waals surface area contributed by atoms with Crippen LogP contribution in [0, 0.1) is 0 Å². The quantitative estimate of drug-likeness (QED) is 0.708. The molecule has 0 saturated heterocycles. The Bertz CT molecular complexity index is 373. The van der Waals surface area contributed by atoms with Gasteiger partial charge in [-0.2, -0.15) is 4.31 Å². The first kappa shape index (κ1) is 11.2. The molecule has 0 aliphatic rings. The van der Waals surface area contributed by atoms with Crippen LogP contribution in [-0.4, -0.2) is 47.5 Å². The Morgan fingerprint density at radius 2 is 2.36 bits per heavy atom. The van der Waals surface area contributed by atoms with Crippen molar-refractivity contribution >= 4 is 10.0 Å². The first-order chi connectivity index (χ1) is 6.50. The van der Waals surface area contributed by atoms with Gasteiger partial charge in [0.05, 0.1) is 19.1 Å². The minimum atomic E-state index is -3.55. The number of aromatic nitrogens is 2. The molecule has 0 bridgehead atoms. The monoisotopic (exact) mass is 219 g/mol. The van der Waals surface area contributed by atoms with Crippen molar-refractivity contribution in [1.82, 2.24) is 14.3 Å². The average molecular weight is 219 g/mol. The fraction of sp³-hybridized carbons (Fsp3) is 0.571. The summed E-state index contributed by atoms with van der Waals surface area (Å²) in [6.45, 7) is 1.40. The summed E-state index contributed by atoms with van der Waals surface area (Å²) in [5, 5.41) is 8.86. The number of likely N-dealkylation sites (N-methyl/N-ethyl adjacent to an activating group) is 1. The van der Waals surface area contributed by atoms with Crippen LogP contribution in [0.1, 0.15) is 6.92 Å². The Balaban J connectivity index is 2.97. The maximum atomic E-state index is 11.7. The minimum Gasteiger partial charge on any atom is -0.395 e. The van der Waals surface area contributed by atoms with E-state index in [1.165, 1.54) is 19.6 Å². The largest absolute Gasteiger partial charge is 0.395 e. The topological polar surface area (TPSA) is 86.3 Å². The Morgan fingerprint density at radius 3 is 2.79 bits per heavy atom. The van der Waals surface area contributed by atoms with Gasteiger partial charge in [-0.1, -0.05) is 0 Å². The number of sulfonamides is 1. The van der Waals surface area contributed by atoms with E-state index in [9.17, 15) is 8.42 Å². The van der Waals surface area contributed by atoms with E-state index in [-0.39, 0.29) is 11.6 Å². The number of hydrogen-bond acceptors (Lipinski definition) is 4. The van der Waals surface area contributed by atoms with Gasteiger partial charge in [0.1, 0.15) is 0 Å². The first-order valence-electron chi connectivity index (χ1n) is 4.07. The molecule has 0 amide bonds. The Labute approximate surface area is 82.6 Å². The van der Waals surface area contributed by atoms with Gasteiger partial charge in [0.2, 0.25) is 0 Å². The Morgan fingerprint density at radius 1 is 1.71 bits per heavy atom. The zero-order valence-electron chi connectivity index (χ0n) is 8.01. The fourth-order valence-electron chi connectivity index (χ4n) is 0.891. The number of nitrogens with zero attached hydrogens (tertiary/aromatic N) is 2. The number of hydrogen-bond donors (Lipinski definition) is 2. The number of aromatic amines is 1. The van der Waals surface area contributed by atoms with Crippen LogP contribution in [0.2, 0.25) is 0 Å². The van der Waals surface area contributed by atoms with Gasteiger partial charge < -0.3 is 10.1 Å². The molecule has 0 fully saturated rings. The molecule has 0 spiro atoms. The minimum absolute atomic E-state index is 0.0281. The molecule has 0 radical (unpaired) electrons. The molecular formula is C7H13N3O3S. The number of H-pyrrole nitrogens is 1. The molecule has 0 aromatic carbocycles. The van der Waals surface area contributed by atoms with Gasteiger partial charge in [0.15, 0.2) is 5.03 Å². The van der Waals surface area contributed by atoms with Crippen molar-refractivity contribution < 1.29 is 13.5 Å². The SMILES string of the molecule is CC(CO)N(C)S(=O)(=O)c1cnc[nH]1.